The number of thiol groups is 1. The number of nitrogens with one attached hydrogen (secondary N) is 1. The first-order chi connectivity index (χ1) is 14.0. The zero-order valence-electron chi connectivity index (χ0n) is 20.1. The number of ether oxygens (including phenoxy) is 2. The molecule has 0 fully saturated rings. The third-order valence-corrected chi connectivity index (χ3v) is 4.48. The highest BCUT2D eigenvalue weighted by molar-refractivity contribution is 7.97. The molecular formula is C23H37NO5S2. The molecule has 8 heteroatoms. The largest absolute Gasteiger partial charge is 0.507 e. The maximum Gasteiger partial charge on any atom is 0.414 e. The first-order valence-electron chi connectivity index (χ1n) is 10.2. The number of aromatic hydroxyl groups is 1. The predicted octanol–water partition coefficient (Wildman–Crippen LogP) is 5.75. The van der Waals surface area contributed by atoms with Crippen molar-refractivity contribution in [3.8, 4) is 5.75 Å². The molecule has 0 spiro atoms. The molecule has 0 aromatic heterocycles. The maximum atomic E-state index is 11.5. The minimum Gasteiger partial charge on any atom is -0.507 e. The fourth-order valence-electron chi connectivity index (χ4n) is 2.43. The normalized spacial score (nSPS) is 11.3. The van der Waals surface area contributed by atoms with Gasteiger partial charge < -0.3 is 14.6 Å². The first-order valence-corrected chi connectivity index (χ1v) is 11.1. The highest BCUT2D eigenvalue weighted by atomic mass is 32.1. The number of phenolic OH excluding ortho intramolecular Hbond substituents is 1. The van der Waals surface area contributed by atoms with Crippen molar-refractivity contribution in [2.24, 2.45) is 5.92 Å². The number of thiocarbonyl (C=S) groups is 1. The molecule has 2 N–H and O–H groups in total. The quantitative estimate of drug-likeness (QED) is 0.383. The van der Waals surface area contributed by atoms with E-state index in [0.717, 1.165) is 11.1 Å². The minimum atomic E-state index is -0.573. The summed E-state index contributed by atoms with van der Waals surface area (Å²) in [6.07, 6.45) is -0.573. The van der Waals surface area contributed by atoms with Crippen molar-refractivity contribution in [3.63, 3.8) is 0 Å². The average Bonchev–Trinajstić information content (AvgIpc) is 2.58. The lowest BCUT2D eigenvalue weighted by Gasteiger charge is -2.27. The molecule has 6 nitrogen and oxygen atoms in total. The second-order valence-corrected chi connectivity index (χ2v) is 10.3. The molecule has 0 bridgehead atoms. The molecule has 0 unspecified atom stereocenters. The molecular weight excluding hydrogens is 434 g/mol. The molecule has 0 aliphatic rings. The van der Waals surface area contributed by atoms with Gasteiger partial charge in [-0.1, -0.05) is 55.4 Å². The third-order valence-electron chi connectivity index (χ3n) is 4.00. The monoisotopic (exact) mass is 471 g/mol. The molecule has 31 heavy (non-hydrogen) atoms. The third kappa shape index (κ3) is 10.9. The molecule has 0 radical (unpaired) electrons. The molecule has 0 aliphatic heterocycles. The van der Waals surface area contributed by atoms with Gasteiger partial charge in [-0.3, -0.25) is 10.1 Å². The number of hydrogen-bond donors (Lipinski definition) is 3. The van der Waals surface area contributed by atoms with Crippen molar-refractivity contribution in [3.05, 3.63) is 28.8 Å². The second-order valence-electron chi connectivity index (χ2n) is 9.56. The number of rotatable bonds is 4. The molecule has 0 saturated heterocycles. The van der Waals surface area contributed by atoms with Gasteiger partial charge in [-0.05, 0) is 48.0 Å². The molecule has 0 aliphatic carbocycles. The van der Waals surface area contributed by atoms with Crippen LogP contribution in [0.1, 0.15) is 83.8 Å². The van der Waals surface area contributed by atoms with E-state index in [9.17, 15) is 14.7 Å². The van der Waals surface area contributed by atoms with Gasteiger partial charge in [0.15, 0.2) is 0 Å². The number of hydrogen-bond acceptors (Lipinski definition) is 6. The van der Waals surface area contributed by atoms with Crippen LogP contribution in [-0.4, -0.2) is 34.7 Å². The topological polar surface area (TPSA) is 84.9 Å². The van der Waals surface area contributed by atoms with Crippen LogP contribution in [0.15, 0.2) is 12.1 Å². The van der Waals surface area contributed by atoms with Gasteiger partial charge in [-0.25, -0.2) is 4.79 Å². The fourth-order valence-corrected chi connectivity index (χ4v) is 2.71. The van der Waals surface area contributed by atoms with Crippen LogP contribution in [0.5, 0.6) is 5.75 Å². The van der Waals surface area contributed by atoms with E-state index in [-0.39, 0.29) is 26.9 Å². The van der Waals surface area contributed by atoms with Gasteiger partial charge in [0.1, 0.15) is 5.75 Å². The lowest BCUT2D eigenvalue weighted by molar-refractivity contribution is 0.109. The van der Waals surface area contributed by atoms with E-state index in [0.29, 0.717) is 24.7 Å². The Morgan fingerprint density at radius 1 is 1.06 bits per heavy atom. The SMILES string of the molecule is CC(C)(C)c1cc(C(=O)S)cc(C(C)(C)C)c1O.CCOC(=O)NC(=S)OCC(C)C. The maximum absolute atomic E-state index is 11.5. The van der Waals surface area contributed by atoms with Gasteiger partial charge in [-0.2, -0.15) is 0 Å². The highest BCUT2D eigenvalue weighted by Crippen LogP contribution is 2.39. The zero-order chi connectivity index (χ0) is 24.6. The van der Waals surface area contributed by atoms with Crippen LogP contribution in [0.2, 0.25) is 0 Å². The zero-order valence-corrected chi connectivity index (χ0v) is 21.8. The molecule has 1 rings (SSSR count). The summed E-state index contributed by atoms with van der Waals surface area (Å²) in [6, 6.07) is 3.47. The fraction of sp³-hybridized carbons (Fsp3) is 0.609. The predicted molar refractivity (Wildman–Crippen MR) is 132 cm³/mol. The van der Waals surface area contributed by atoms with Crippen LogP contribution in [0.3, 0.4) is 0 Å². The second kappa shape index (κ2) is 12.3. The van der Waals surface area contributed by atoms with Crippen LogP contribution < -0.4 is 5.32 Å². The van der Waals surface area contributed by atoms with Crippen molar-refractivity contribution in [2.75, 3.05) is 13.2 Å². The van der Waals surface area contributed by atoms with Crippen LogP contribution in [0.4, 0.5) is 4.79 Å². The van der Waals surface area contributed by atoms with E-state index in [1.54, 1.807) is 19.1 Å². The van der Waals surface area contributed by atoms with Gasteiger partial charge in [0.05, 0.1) is 13.2 Å². The summed E-state index contributed by atoms with van der Waals surface area (Å²) in [5, 5.41) is 12.5. The summed E-state index contributed by atoms with van der Waals surface area (Å²) in [6.45, 7) is 18.6. The summed E-state index contributed by atoms with van der Waals surface area (Å²) in [5.74, 6) is 0.662. The Kier molecular flexibility index (Phi) is 11.6. The van der Waals surface area contributed by atoms with E-state index in [2.05, 4.69) is 22.7 Å². The van der Waals surface area contributed by atoms with E-state index in [1.165, 1.54) is 0 Å². The molecule has 0 saturated carbocycles. The van der Waals surface area contributed by atoms with E-state index in [1.807, 2.05) is 55.4 Å². The Morgan fingerprint density at radius 3 is 1.84 bits per heavy atom. The van der Waals surface area contributed by atoms with Gasteiger partial charge in [0.25, 0.3) is 5.17 Å². The number of benzene rings is 1. The molecule has 1 aromatic rings. The number of amides is 1. The number of carbonyl (C=O) groups excluding carboxylic acids is 2. The Labute approximate surface area is 197 Å². The van der Waals surface area contributed by atoms with Gasteiger partial charge in [-0.15, -0.1) is 12.6 Å². The van der Waals surface area contributed by atoms with E-state index < -0.39 is 6.09 Å². The van der Waals surface area contributed by atoms with Crippen molar-refractivity contribution in [1.82, 2.24) is 5.32 Å². The summed E-state index contributed by atoms with van der Waals surface area (Å²) in [7, 11) is 0. The van der Waals surface area contributed by atoms with Crippen molar-refractivity contribution in [1.29, 1.82) is 0 Å². The molecule has 1 amide bonds. The summed E-state index contributed by atoms with van der Waals surface area (Å²) in [5.41, 5.74) is 1.66. The van der Waals surface area contributed by atoms with Gasteiger partial charge in [0.2, 0.25) is 5.12 Å². The molecule has 176 valence electrons. The number of carbonyl (C=O) groups is 2. The van der Waals surface area contributed by atoms with Gasteiger partial charge >= 0.3 is 6.09 Å². The van der Waals surface area contributed by atoms with Crippen LogP contribution in [0, 0.1) is 5.92 Å². The van der Waals surface area contributed by atoms with Crippen LogP contribution in [-0.2, 0) is 20.3 Å². The standard InChI is InChI=1S/C15H22O2S.C8H15NO3S/c1-14(2,3)10-7-9(13(17)18)8-11(12(10)16)15(4,5)6;1-4-11-7(10)9-8(13)12-5-6(2)3/h7-8,16H,1-6H3,(H,17,18);6H,4-5H2,1-3H3,(H,9,10,13). The minimum absolute atomic E-state index is 0.0622. The smallest absolute Gasteiger partial charge is 0.414 e. The number of phenols is 1. The molecule has 0 heterocycles. The Hall–Kier alpha value is -1.80. The molecule has 0 atom stereocenters. The Bertz CT molecular complexity index is 742. The Balaban J connectivity index is 0.000000615. The summed E-state index contributed by atoms with van der Waals surface area (Å²) < 4.78 is 9.64. The van der Waals surface area contributed by atoms with Crippen LogP contribution in [0.25, 0.3) is 0 Å². The summed E-state index contributed by atoms with van der Waals surface area (Å²) >= 11 is 8.62. The van der Waals surface area contributed by atoms with Crippen molar-refractivity contribution < 1.29 is 24.2 Å². The lowest BCUT2D eigenvalue weighted by atomic mass is 9.78. The number of alkyl carbamates (subject to hydrolysis) is 1. The van der Waals surface area contributed by atoms with Crippen molar-refractivity contribution in [2.45, 2.75) is 73.1 Å². The first kappa shape index (κ1) is 29.2. The molecule has 1 aromatic carbocycles. The van der Waals surface area contributed by atoms with Gasteiger partial charge in [0, 0.05) is 16.7 Å². The van der Waals surface area contributed by atoms with Crippen LogP contribution >= 0.6 is 24.8 Å². The summed E-state index contributed by atoms with van der Waals surface area (Å²) in [4.78, 5) is 22.3. The lowest BCUT2D eigenvalue weighted by Crippen LogP contribution is -2.32. The van der Waals surface area contributed by atoms with Crippen molar-refractivity contribution >= 4 is 41.2 Å². The van der Waals surface area contributed by atoms with E-state index >= 15 is 0 Å². The highest BCUT2D eigenvalue weighted by Gasteiger charge is 2.27. The average molecular weight is 472 g/mol. The van der Waals surface area contributed by atoms with E-state index in [4.69, 9.17) is 17.0 Å². The Morgan fingerprint density at radius 2 is 1.52 bits per heavy atom.